The van der Waals surface area contributed by atoms with Crippen LogP contribution in [0, 0.1) is 0 Å². The molecule has 0 fully saturated rings. The second kappa shape index (κ2) is 12.0. The number of para-hydroxylation sites is 2. The Hall–Kier alpha value is -4.78. The van der Waals surface area contributed by atoms with E-state index in [9.17, 15) is 5.11 Å². The fourth-order valence-electron chi connectivity index (χ4n) is 5.74. The molecule has 0 aliphatic rings. The van der Waals surface area contributed by atoms with Crippen LogP contribution in [0.25, 0.3) is 11.0 Å². The first-order chi connectivity index (χ1) is 20.7. The van der Waals surface area contributed by atoms with Crippen LogP contribution in [-0.4, -0.2) is 26.7 Å². The van der Waals surface area contributed by atoms with Gasteiger partial charge in [-0.2, -0.15) is 4.68 Å². The quantitative estimate of drug-likeness (QED) is 0.182. The summed E-state index contributed by atoms with van der Waals surface area (Å²) >= 11 is 0. The normalized spacial score (nSPS) is 13.9. The fraction of sp³-hybridized carbons (Fsp3) is 0.167. The second-order valence-corrected chi connectivity index (χ2v) is 10.2. The highest BCUT2D eigenvalue weighted by molar-refractivity contribution is 5.74. The van der Waals surface area contributed by atoms with E-state index < -0.39 is 17.4 Å². The molecule has 6 heteroatoms. The molecule has 0 radical (unpaired) electrons. The third kappa shape index (κ3) is 4.96. The van der Waals surface area contributed by atoms with E-state index in [0.29, 0.717) is 29.0 Å². The number of aromatic nitrogens is 3. The van der Waals surface area contributed by atoms with Crippen molar-refractivity contribution in [3.8, 4) is 5.75 Å². The highest BCUT2D eigenvalue weighted by Gasteiger charge is 2.59. The third-order valence-corrected chi connectivity index (χ3v) is 7.67. The Bertz CT molecular complexity index is 1670. The lowest BCUT2D eigenvalue weighted by Crippen LogP contribution is -2.59. The zero-order valence-corrected chi connectivity index (χ0v) is 23.5. The Morgan fingerprint density at radius 1 is 0.690 bits per heavy atom. The minimum absolute atomic E-state index is 0.202. The number of ether oxygens (including phenoxy) is 2. The number of aliphatic hydroxyl groups is 1. The highest BCUT2D eigenvalue weighted by atomic mass is 16.5. The van der Waals surface area contributed by atoms with Crippen LogP contribution in [0.15, 0.2) is 146 Å². The van der Waals surface area contributed by atoms with E-state index in [-0.39, 0.29) is 6.42 Å². The highest BCUT2D eigenvalue weighted by Crippen LogP contribution is 2.50. The zero-order valence-electron chi connectivity index (χ0n) is 23.5. The molecule has 6 rings (SSSR count). The number of benzene rings is 5. The summed E-state index contributed by atoms with van der Waals surface area (Å²) in [6.45, 7) is 2.44. The molecule has 1 aromatic heterocycles. The van der Waals surface area contributed by atoms with Crippen molar-refractivity contribution in [2.45, 2.75) is 30.8 Å². The molecule has 210 valence electrons. The van der Waals surface area contributed by atoms with Crippen LogP contribution in [0.1, 0.15) is 36.1 Å². The first-order valence-corrected chi connectivity index (χ1v) is 14.2. The van der Waals surface area contributed by atoms with Crippen molar-refractivity contribution in [1.82, 2.24) is 15.0 Å². The number of hydrogen-bond donors (Lipinski definition) is 1. The molecule has 2 unspecified atom stereocenters. The predicted molar refractivity (Wildman–Crippen MR) is 164 cm³/mol. The molecule has 2 atom stereocenters. The molecule has 42 heavy (non-hydrogen) atoms. The van der Waals surface area contributed by atoms with E-state index in [1.165, 1.54) is 0 Å². The summed E-state index contributed by atoms with van der Waals surface area (Å²) < 4.78 is 15.3. The summed E-state index contributed by atoms with van der Waals surface area (Å²) in [6, 6.07) is 46.6. The predicted octanol–water partition coefficient (Wildman–Crippen LogP) is 7.27. The molecular weight excluding hydrogens is 522 g/mol. The molecule has 0 aliphatic carbocycles. The molecule has 1 N–H and O–H groups in total. The average Bonchev–Trinajstić information content (AvgIpc) is 3.50. The van der Waals surface area contributed by atoms with Crippen LogP contribution in [0.3, 0.4) is 0 Å². The van der Waals surface area contributed by atoms with Crippen molar-refractivity contribution in [2.24, 2.45) is 0 Å². The van der Waals surface area contributed by atoms with Crippen molar-refractivity contribution < 1.29 is 14.6 Å². The van der Waals surface area contributed by atoms with Gasteiger partial charge in [-0.05, 0) is 47.9 Å². The maximum Gasteiger partial charge on any atom is 0.243 e. The molecule has 0 bridgehead atoms. The van der Waals surface area contributed by atoms with E-state index in [1.54, 1.807) is 4.68 Å². The minimum Gasteiger partial charge on any atom is -0.462 e. The van der Waals surface area contributed by atoms with Crippen molar-refractivity contribution >= 4 is 11.0 Å². The first kappa shape index (κ1) is 27.4. The van der Waals surface area contributed by atoms with Gasteiger partial charge in [0.1, 0.15) is 11.3 Å². The van der Waals surface area contributed by atoms with Gasteiger partial charge in [0.15, 0.2) is 5.60 Å². The molecule has 6 nitrogen and oxygen atoms in total. The zero-order chi connectivity index (χ0) is 28.8. The van der Waals surface area contributed by atoms with Gasteiger partial charge in [-0.3, -0.25) is 0 Å². The summed E-state index contributed by atoms with van der Waals surface area (Å²) in [7, 11) is 0. The summed E-state index contributed by atoms with van der Waals surface area (Å²) in [5.74, 6) is 0.575. The summed E-state index contributed by atoms with van der Waals surface area (Å²) in [5.41, 5.74) is 0.337. The summed E-state index contributed by atoms with van der Waals surface area (Å²) in [6.07, 6.45) is -0.255. The Kier molecular flexibility index (Phi) is 7.82. The lowest BCUT2D eigenvalue weighted by atomic mass is 9.74. The van der Waals surface area contributed by atoms with E-state index in [2.05, 4.69) is 5.10 Å². The van der Waals surface area contributed by atoms with Crippen LogP contribution in [0.5, 0.6) is 5.75 Å². The fourth-order valence-corrected chi connectivity index (χ4v) is 5.74. The van der Waals surface area contributed by atoms with E-state index in [1.807, 2.05) is 153 Å². The van der Waals surface area contributed by atoms with Crippen LogP contribution in [-0.2, 0) is 16.1 Å². The largest absolute Gasteiger partial charge is 0.462 e. The van der Waals surface area contributed by atoms with Gasteiger partial charge in [0.25, 0.3) is 0 Å². The Morgan fingerprint density at radius 2 is 1.21 bits per heavy atom. The van der Waals surface area contributed by atoms with Gasteiger partial charge >= 0.3 is 0 Å². The van der Waals surface area contributed by atoms with E-state index in [4.69, 9.17) is 14.7 Å². The number of rotatable bonds is 11. The smallest absolute Gasteiger partial charge is 0.243 e. The first-order valence-electron chi connectivity index (χ1n) is 14.2. The van der Waals surface area contributed by atoms with Crippen molar-refractivity contribution in [3.63, 3.8) is 0 Å². The number of fused-ring (bicyclic) bond motifs is 1. The maximum atomic E-state index is 13.6. The number of nitrogens with zero attached hydrogens (tertiary/aromatic N) is 3. The summed E-state index contributed by atoms with van der Waals surface area (Å²) in [4.78, 5) is 0. The van der Waals surface area contributed by atoms with Gasteiger partial charge in [0.05, 0.1) is 11.6 Å². The maximum absolute atomic E-state index is 13.6. The second-order valence-electron chi connectivity index (χ2n) is 10.2. The van der Waals surface area contributed by atoms with Gasteiger partial charge in [0, 0.05) is 13.0 Å². The van der Waals surface area contributed by atoms with Crippen molar-refractivity contribution in [3.05, 3.63) is 162 Å². The molecule has 0 saturated carbocycles. The molecule has 0 aliphatic heterocycles. The molecule has 5 aromatic carbocycles. The van der Waals surface area contributed by atoms with E-state index in [0.717, 1.165) is 11.1 Å². The van der Waals surface area contributed by atoms with Crippen LogP contribution >= 0.6 is 0 Å². The van der Waals surface area contributed by atoms with Gasteiger partial charge in [0.2, 0.25) is 5.72 Å². The van der Waals surface area contributed by atoms with Gasteiger partial charge in [-0.25, -0.2) is 0 Å². The third-order valence-electron chi connectivity index (χ3n) is 7.67. The van der Waals surface area contributed by atoms with Crippen LogP contribution < -0.4 is 4.74 Å². The molecule has 6 aromatic rings. The summed E-state index contributed by atoms with van der Waals surface area (Å²) in [5, 5.41) is 22.8. The van der Waals surface area contributed by atoms with Crippen molar-refractivity contribution in [1.29, 1.82) is 0 Å². The topological polar surface area (TPSA) is 69.4 Å². The monoisotopic (exact) mass is 555 g/mol. The lowest BCUT2D eigenvalue weighted by molar-refractivity contribution is -0.196. The van der Waals surface area contributed by atoms with Crippen LogP contribution in [0.4, 0.5) is 0 Å². The van der Waals surface area contributed by atoms with Gasteiger partial charge in [-0.1, -0.05) is 127 Å². The number of hydrogen-bond acceptors (Lipinski definition) is 5. The SMILES string of the molecule is CCOC(CC(Oc1ccccc1)(n1nnc2ccccc21)C(O)(c1ccccc1)c1ccccc1)c1ccccc1. The molecule has 1 heterocycles. The van der Waals surface area contributed by atoms with Gasteiger partial charge in [-0.15, -0.1) is 5.10 Å². The van der Waals surface area contributed by atoms with Gasteiger partial charge < -0.3 is 14.6 Å². The van der Waals surface area contributed by atoms with E-state index >= 15 is 0 Å². The molecule has 0 spiro atoms. The molecule has 0 saturated heterocycles. The van der Waals surface area contributed by atoms with Crippen molar-refractivity contribution in [2.75, 3.05) is 6.61 Å². The Balaban J connectivity index is 1.72. The van der Waals surface area contributed by atoms with Crippen LogP contribution in [0.2, 0.25) is 0 Å². The molecule has 0 amide bonds. The lowest BCUT2D eigenvalue weighted by Gasteiger charge is -2.48. The standard InChI is InChI=1S/C36H33N3O3/c1-2-41-34(28-17-7-3-8-18-28)27-35(42-31-23-13-6-14-24-31,39-33-26-16-15-25-32(33)37-38-39)36(40,29-19-9-4-10-20-29)30-21-11-5-12-22-30/h3-26,34,40H,2,27H2,1H3. The Labute approximate surface area is 245 Å². The minimum atomic E-state index is -1.76. The average molecular weight is 556 g/mol. The Morgan fingerprint density at radius 3 is 1.81 bits per heavy atom. The molecular formula is C36H33N3O3.